The van der Waals surface area contributed by atoms with Gasteiger partial charge in [-0.1, -0.05) is 18.2 Å². The molecule has 2 unspecified atom stereocenters. The molecule has 1 heterocycles. The van der Waals surface area contributed by atoms with E-state index in [-0.39, 0.29) is 11.3 Å². The Labute approximate surface area is 77.9 Å². The maximum Gasteiger partial charge on any atom is 0.401 e. The van der Waals surface area contributed by atoms with Gasteiger partial charge >= 0.3 is 6.18 Å². The van der Waals surface area contributed by atoms with Crippen molar-refractivity contribution in [1.29, 1.82) is 0 Å². The van der Waals surface area contributed by atoms with Gasteiger partial charge in [-0.05, 0) is 6.07 Å². The van der Waals surface area contributed by atoms with Crippen molar-refractivity contribution in [2.24, 2.45) is 0 Å². The molecule has 2 atom stereocenters. The Morgan fingerprint density at radius 3 is 2.50 bits per heavy atom. The molecule has 2 rings (SSSR count). The number of para-hydroxylation sites is 1. The number of fused-ring (bicyclic) bond motifs is 1. The normalized spacial score (nSPS) is 25.7. The van der Waals surface area contributed by atoms with Crippen molar-refractivity contribution in [3.63, 3.8) is 0 Å². The van der Waals surface area contributed by atoms with Crippen LogP contribution in [0.15, 0.2) is 24.3 Å². The van der Waals surface area contributed by atoms with Crippen LogP contribution in [0.3, 0.4) is 0 Å². The quantitative estimate of drug-likeness (QED) is 0.700. The van der Waals surface area contributed by atoms with Gasteiger partial charge in [0.15, 0.2) is 0 Å². The van der Waals surface area contributed by atoms with Gasteiger partial charge in [-0.15, -0.1) is 0 Å². The van der Waals surface area contributed by atoms with E-state index < -0.39 is 18.4 Å². The minimum Gasteiger partial charge on any atom is -0.464 e. The van der Waals surface area contributed by atoms with Crippen molar-refractivity contribution in [3.8, 4) is 5.75 Å². The number of aliphatic hydroxyl groups is 1. The second kappa shape index (κ2) is 2.88. The van der Waals surface area contributed by atoms with Gasteiger partial charge in [-0.3, -0.25) is 0 Å². The van der Waals surface area contributed by atoms with E-state index in [4.69, 9.17) is 5.11 Å². The third-order valence-corrected chi connectivity index (χ3v) is 2.14. The molecule has 1 aromatic carbocycles. The number of aliphatic hydroxyl groups excluding tert-OH is 1. The summed E-state index contributed by atoms with van der Waals surface area (Å²) in [6.07, 6.45) is -6.31. The van der Waals surface area contributed by atoms with Gasteiger partial charge in [0.2, 0.25) is 6.29 Å². The summed E-state index contributed by atoms with van der Waals surface area (Å²) in [6.45, 7) is 0. The lowest BCUT2D eigenvalue weighted by Crippen LogP contribution is -2.30. The molecule has 0 radical (unpaired) electrons. The Balaban J connectivity index is 2.45. The first-order chi connectivity index (χ1) is 6.50. The molecule has 0 aromatic heterocycles. The van der Waals surface area contributed by atoms with E-state index in [2.05, 4.69) is 4.74 Å². The number of halogens is 3. The molecule has 0 saturated heterocycles. The number of alkyl halides is 3. The molecule has 2 nitrogen and oxygen atoms in total. The number of benzene rings is 1. The summed E-state index contributed by atoms with van der Waals surface area (Å²) in [5, 5.41) is 9.10. The molecule has 0 amide bonds. The molecule has 0 fully saturated rings. The van der Waals surface area contributed by atoms with Gasteiger partial charge in [0.05, 0.1) is 0 Å². The number of hydrogen-bond donors (Lipinski definition) is 1. The van der Waals surface area contributed by atoms with Crippen molar-refractivity contribution in [1.82, 2.24) is 0 Å². The third-order valence-electron chi connectivity index (χ3n) is 2.14. The molecule has 0 saturated carbocycles. The summed E-state index contributed by atoms with van der Waals surface area (Å²) in [4.78, 5) is 0. The average Bonchev–Trinajstić information content (AvgIpc) is 2.38. The van der Waals surface area contributed by atoms with Crippen LogP contribution in [0.4, 0.5) is 13.2 Å². The highest BCUT2D eigenvalue weighted by atomic mass is 19.4. The van der Waals surface area contributed by atoms with Crippen LogP contribution in [0.25, 0.3) is 0 Å². The molecule has 0 bridgehead atoms. The number of ether oxygens (including phenoxy) is 1. The Hall–Kier alpha value is -1.23. The molecule has 1 aliphatic heterocycles. The van der Waals surface area contributed by atoms with E-state index in [1.54, 1.807) is 6.07 Å². The second-order valence-electron chi connectivity index (χ2n) is 3.07. The van der Waals surface area contributed by atoms with Crippen LogP contribution in [0.2, 0.25) is 0 Å². The largest absolute Gasteiger partial charge is 0.464 e. The van der Waals surface area contributed by atoms with Crippen molar-refractivity contribution in [2.45, 2.75) is 18.4 Å². The topological polar surface area (TPSA) is 29.5 Å². The van der Waals surface area contributed by atoms with Gasteiger partial charge < -0.3 is 9.84 Å². The minimum absolute atomic E-state index is 0.00694. The summed E-state index contributed by atoms with van der Waals surface area (Å²) in [6, 6.07) is 5.76. The molecule has 1 N–H and O–H groups in total. The summed E-state index contributed by atoms with van der Waals surface area (Å²) in [5.41, 5.74) is -0.00694. The summed E-state index contributed by atoms with van der Waals surface area (Å²) >= 11 is 0. The third kappa shape index (κ3) is 1.33. The van der Waals surface area contributed by atoms with Crippen LogP contribution < -0.4 is 4.74 Å². The van der Waals surface area contributed by atoms with E-state index >= 15 is 0 Å². The predicted octanol–water partition coefficient (Wildman–Crippen LogP) is 2.04. The fraction of sp³-hybridized carbons (Fsp3) is 0.333. The van der Waals surface area contributed by atoms with Crippen LogP contribution in [0, 0.1) is 0 Å². The smallest absolute Gasteiger partial charge is 0.401 e. The molecule has 14 heavy (non-hydrogen) atoms. The Bertz CT molecular complexity index is 348. The number of hydrogen-bond acceptors (Lipinski definition) is 2. The lowest BCUT2D eigenvalue weighted by Gasteiger charge is -2.16. The zero-order chi connectivity index (χ0) is 10.3. The van der Waals surface area contributed by atoms with Crippen LogP contribution in [0.5, 0.6) is 5.75 Å². The summed E-state index contributed by atoms with van der Waals surface area (Å²) in [5.74, 6) is -1.83. The van der Waals surface area contributed by atoms with E-state index in [0.717, 1.165) is 0 Å². The van der Waals surface area contributed by atoms with E-state index in [1.807, 2.05) is 0 Å². The second-order valence-corrected chi connectivity index (χ2v) is 3.07. The first-order valence-electron chi connectivity index (χ1n) is 4.00. The molecule has 76 valence electrons. The molecule has 0 spiro atoms. The first-order valence-corrected chi connectivity index (χ1v) is 4.00. The van der Waals surface area contributed by atoms with Crippen LogP contribution in [-0.4, -0.2) is 17.6 Å². The first kappa shape index (κ1) is 9.33. The van der Waals surface area contributed by atoms with Crippen molar-refractivity contribution in [3.05, 3.63) is 29.8 Å². The zero-order valence-corrected chi connectivity index (χ0v) is 6.95. The summed E-state index contributed by atoms with van der Waals surface area (Å²) in [7, 11) is 0. The molecular weight excluding hydrogens is 197 g/mol. The zero-order valence-electron chi connectivity index (χ0n) is 6.95. The summed E-state index contributed by atoms with van der Waals surface area (Å²) < 4.78 is 42.0. The van der Waals surface area contributed by atoms with Crippen molar-refractivity contribution < 1.29 is 23.0 Å². The van der Waals surface area contributed by atoms with E-state index in [9.17, 15) is 13.2 Å². The average molecular weight is 204 g/mol. The molecular formula is C9H7F3O2. The SMILES string of the molecule is OC1Oc2ccccc2C1C(F)(F)F. The Morgan fingerprint density at radius 2 is 1.86 bits per heavy atom. The Morgan fingerprint density at radius 1 is 1.21 bits per heavy atom. The lowest BCUT2D eigenvalue weighted by atomic mass is 10.00. The number of rotatable bonds is 0. The lowest BCUT2D eigenvalue weighted by molar-refractivity contribution is -0.191. The van der Waals surface area contributed by atoms with Gasteiger partial charge in [0, 0.05) is 5.56 Å². The minimum atomic E-state index is -4.48. The van der Waals surface area contributed by atoms with E-state index in [1.165, 1.54) is 18.2 Å². The molecule has 1 aromatic rings. The standard InChI is InChI=1S/C9H7F3O2/c10-9(11,12)7-5-3-1-2-4-6(5)14-8(7)13/h1-4,7-8,13H. The fourth-order valence-corrected chi connectivity index (χ4v) is 1.53. The fourth-order valence-electron chi connectivity index (χ4n) is 1.53. The predicted molar refractivity (Wildman–Crippen MR) is 41.9 cm³/mol. The highest BCUT2D eigenvalue weighted by Crippen LogP contribution is 2.46. The van der Waals surface area contributed by atoms with Crippen molar-refractivity contribution >= 4 is 0 Å². The monoisotopic (exact) mass is 204 g/mol. The van der Waals surface area contributed by atoms with Crippen LogP contribution >= 0.6 is 0 Å². The highest BCUT2D eigenvalue weighted by Gasteiger charge is 2.51. The van der Waals surface area contributed by atoms with Gasteiger partial charge in [0.1, 0.15) is 11.7 Å². The van der Waals surface area contributed by atoms with Crippen LogP contribution in [-0.2, 0) is 0 Å². The molecule has 0 aliphatic carbocycles. The van der Waals surface area contributed by atoms with Gasteiger partial charge in [0.25, 0.3) is 0 Å². The molecule has 5 heteroatoms. The van der Waals surface area contributed by atoms with Gasteiger partial charge in [-0.2, -0.15) is 13.2 Å². The Kier molecular flexibility index (Phi) is 1.92. The highest BCUT2D eigenvalue weighted by molar-refractivity contribution is 5.41. The van der Waals surface area contributed by atoms with Gasteiger partial charge in [-0.25, -0.2) is 0 Å². The molecule has 1 aliphatic rings. The maximum atomic E-state index is 12.4. The maximum absolute atomic E-state index is 12.4. The van der Waals surface area contributed by atoms with Crippen molar-refractivity contribution in [2.75, 3.05) is 0 Å². The van der Waals surface area contributed by atoms with E-state index in [0.29, 0.717) is 0 Å². The van der Waals surface area contributed by atoms with Crippen LogP contribution in [0.1, 0.15) is 11.5 Å².